The average Bonchev–Trinajstić information content (AvgIpc) is 3.04. The van der Waals surface area contributed by atoms with Gasteiger partial charge in [0.2, 0.25) is 5.78 Å². The highest BCUT2D eigenvalue weighted by Gasteiger charge is 2.65. The zero-order valence-electron chi connectivity index (χ0n) is 19.6. The lowest BCUT2D eigenvalue weighted by atomic mass is 9.50. The van der Waals surface area contributed by atoms with Gasteiger partial charge in [0.15, 0.2) is 17.7 Å². The van der Waals surface area contributed by atoms with Gasteiger partial charge in [-0.1, -0.05) is 38.0 Å². The molecule has 0 radical (unpaired) electrons. The van der Waals surface area contributed by atoms with E-state index in [2.05, 4.69) is 13.0 Å². The fourth-order valence-electron chi connectivity index (χ4n) is 7.27. The molecule has 2 saturated carbocycles. The van der Waals surface area contributed by atoms with Gasteiger partial charge in [-0.25, -0.2) is 0 Å². The number of hydrogen-bond donors (Lipinski definition) is 2. The van der Waals surface area contributed by atoms with E-state index in [1.165, 1.54) is 5.57 Å². The zero-order chi connectivity index (χ0) is 23.5. The van der Waals surface area contributed by atoms with Crippen LogP contribution in [0.1, 0.15) is 72.1 Å². The summed E-state index contributed by atoms with van der Waals surface area (Å²) < 4.78 is 5.47. The maximum absolute atomic E-state index is 13.2. The minimum Gasteiger partial charge on any atom is -0.381 e. The Morgan fingerprint density at radius 1 is 1.28 bits per heavy atom. The number of aliphatic hydroxyl groups is 2. The van der Waals surface area contributed by atoms with Crippen molar-refractivity contribution >= 4 is 17.3 Å². The van der Waals surface area contributed by atoms with E-state index in [-0.39, 0.29) is 35.9 Å². The number of hydrogen-bond acceptors (Lipinski definition) is 6. The number of fused-ring (bicyclic) bond motifs is 5. The van der Waals surface area contributed by atoms with E-state index in [1.807, 2.05) is 13.8 Å². The summed E-state index contributed by atoms with van der Waals surface area (Å²) in [6.45, 7) is 5.96. The Bertz CT molecular complexity index is 902. The molecule has 0 amide bonds. The largest absolute Gasteiger partial charge is 0.381 e. The molecule has 4 aliphatic rings. The van der Waals surface area contributed by atoms with Gasteiger partial charge in [0, 0.05) is 24.4 Å². The number of carbonyl (C=O) groups excluding carboxylic acids is 3. The Morgan fingerprint density at radius 2 is 2.00 bits per heavy atom. The molecule has 7 atom stereocenters. The molecule has 6 unspecified atom stereocenters. The molecule has 6 nitrogen and oxygen atoms in total. The molecule has 2 N–H and O–H groups in total. The van der Waals surface area contributed by atoms with Crippen LogP contribution in [0.2, 0.25) is 0 Å². The van der Waals surface area contributed by atoms with E-state index >= 15 is 0 Å². The zero-order valence-corrected chi connectivity index (χ0v) is 19.6. The normalized spacial score (nSPS) is 41.7. The molecule has 4 aliphatic carbocycles. The Kier molecular flexibility index (Phi) is 5.88. The topological polar surface area (TPSA) is 101 Å². The van der Waals surface area contributed by atoms with Crippen molar-refractivity contribution in [1.29, 1.82) is 0 Å². The van der Waals surface area contributed by atoms with Crippen molar-refractivity contribution in [3.05, 3.63) is 23.3 Å². The number of ether oxygens (including phenoxy) is 1. The first-order valence-electron chi connectivity index (χ1n) is 12.0. The van der Waals surface area contributed by atoms with Crippen LogP contribution in [0.3, 0.4) is 0 Å². The first-order valence-corrected chi connectivity index (χ1v) is 12.0. The molecule has 0 aliphatic heterocycles. The first kappa shape index (κ1) is 23.5. The summed E-state index contributed by atoms with van der Waals surface area (Å²) in [6, 6.07) is 0. The number of aliphatic hydroxyl groups excluding tert-OH is 1. The van der Waals surface area contributed by atoms with Gasteiger partial charge in [-0.2, -0.15) is 0 Å². The highest BCUT2D eigenvalue weighted by Crippen LogP contribution is 2.65. The SMILES string of the molecule is CCCC(=O)C(O)C(=O)[C@@]1(O)CCC2C3CCC4=CC(=O)C(OC)CC4(C)C3=CCC21C. The molecule has 0 aromatic heterocycles. The van der Waals surface area contributed by atoms with Crippen LogP contribution >= 0.6 is 0 Å². The molecule has 0 bridgehead atoms. The molecule has 0 spiro atoms. The molecule has 0 saturated heterocycles. The van der Waals surface area contributed by atoms with Gasteiger partial charge < -0.3 is 14.9 Å². The van der Waals surface area contributed by atoms with Crippen molar-refractivity contribution in [1.82, 2.24) is 0 Å². The van der Waals surface area contributed by atoms with E-state index < -0.39 is 34.8 Å². The van der Waals surface area contributed by atoms with E-state index in [4.69, 9.17) is 4.74 Å². The van der Waals surface area contributed by atoms with E-state index in [0.717, 1.165) is 18.4 Å². The summed E-state index contributed by atoms with van der Waals surface area (Å²) in [5.41, 5.74) is -0.232. The molecule has 6 heteroatoms. The summed E-state index contributed by atoms with van der Waals surface area (Å²) in [6.07, 6.45) is 6.17. The van der Waals surface area contributed by atoms with Crippen LogP contribution < -0.4 is 0 Å². The van der Waals surface area contributed by atoms with Gasteiger partial charge in [0.25, 0.3) is 0 Å². The van der Waals surface area contributed by atoms with Gasteiger partial charge in [-0.3, -0.25) is 14.4 Å². The van der Waals surface area contributed by atoms with Crippen LogP contribution in [0.25, 0.3) is 0 Å². The van der Waals surface area contributed by atoms with Crippen LogP contribution in [0, 0.1) is 22.7 Å². The van der Waals surface area contributed by atoms with Crippen molar-refractivity contribution in [3.8, 4) is 0 Å². The monoisotopic (exact) mass is 444 g/mol. The van der Waals surface area contributed by atoms with Crippen LogP contribution in [0.4, 0.5) is 0 Å². The highest BCUT2D eigenvalue weighted by atomic mass is 16.5. The smallest absolute Gasteiger partial charge is 0.200 e. The lowest BCUT2D eigenvalue weighted by molar-refractivity contribution is -0.164. The number of carbonyl (C=O) groups is 3. The Hall–Kier alpha value is -1.63. The molecule has 4 rings (SSSR count). The summed E-state index contributed by atoms with van der Waals surface area (Å²) in [5.74, 6) is -0.925. The number of methoxy groups -OCH3 is 1. The van der Waals surface area contributed by atoms with Crippen LogP contribution in [0.5, 0.6) is 0 Å². The fraction of sp³-hybridized carbons (Fsp3) is 0.731. The maximum Gasteiger partial charge on any atom is 0.200 e. The lowest BCUT2D eigenvalue weighted by Gasteiger charge is -2.55. The van der Waals surface area contributed by atoms with Gasteiger partial charge in [0.1, 0.15) is 11.7 Å². The summed E-state index contributed by atoms with van der Waals surface area (Å²) in [5, 5.41) is 22.1. The predicted octanol–water partition coefficient (Wildman–Crippen LogP) is 3.09. The second-order valence-corrected chi connectivity index (χ2v) is 10.7. The second kappa shape index (κ2) is 8.00. The van der Waals surface area contributed by atoms with Crippen molar-refractivity contribution in [3.63, 3.8) is 0 Å². The van der Waals surface area contributed by atoms with Gasteiger partial charge in [0.05, 0.1) is 0 Å². The predicted molar refractivity (Wildman–Crippen MR) is 119 cm³/mol. The van der Waals surface area contributed by atoms with Crippen LogP contribution in [-0.4, -0.2) is 52.5 Å². The highest BCUT2D eigenvalue weighted by molar-refractivity contribution is 6.09. The fourth-order valence-corrected chi connectivity index (χ4v) is 7.27. The third-order valence-electron chi connectivity index (χ3n) is 9.25. The quantitative estimate of drug-likeness (QED) is 0.482. The average molecular weight is 445 g/mol. The molecule has 32 heavy (non-hydrogen) atoms. The van der Waals surface area contributed by atoms with E-state index in [9.17, 15) is 24.6 Å². The minimum absolute atomic E-state index is 0.0336. The van der Waals surface area contributed by atoms with Gasteiger partial charge in [-0.15, -0.1) is 0 Å². The Morgan fingerprint density at radius 3 is 2.66 bits per heavy atom. The van der Waals surface area contributed by atoms with Crippen molar-refractivity contribution in [2.24, 2.45) is 22.7 Å². The van der Waals surface area contributed by atoms with Gasteiger partial charge >= 0.3 is 0 Å². The van der Waals surface area contributed by atoms with Crippen molar-refractivity contribution < 1.29 is 29.3 Å². The number of Topliss-reactive ketones (excluding diaryl/α,β-unsaturated/α-hetero) is 2. The lowest BCUT2D eigenvalue weighted by Crippen LogP contribution is -2.58. The molecule has 0 heterocycles. The molecule has 176 valence electrons. The number of allylic oxidation sites excluding steroid dienone is 3. The van der Waals surface area contributed by atoms with Crippen LogP contribution in [0.15, 0.2) is 23.3 Å². The van der Waals surface area contributed by atoms with E-state index in [1.54, 1.807) is 13.2 Å². The summed E-state index contributed by atoms with van der Waals surface area (Å²) in [4.78, 5) is 37.8. The molecular weight excluding hydrogens is 408 g/mol. The van der Waals surface area contributed by atoms with E-state index in [0.29, 0.717) is 25.7 Å². The third-order valence-corrected chi connectivity index (χ3v) is 9.25. The molecule has 0 aromatic rings. The molecule has 0 aromatic carbocycles. The molecule has 2 fully saturated rings. The first-order chi connectivity index (χ1) is 15.0. The molecular formula is C26H36O6. The second-order valence-electron chi connectivity index (χ2n) is 10.7. The Balaban J connectivity index is 1.68. The van der Waals surface area contributed by atoms with Crippen LogP contribution in [-0.2, 0) is 19.1 Å². The summed E-state index contributed by atoms with van der Waals surface area (Å²) >= 11 is 0. The standard InChI is InChI=1S/C26H36O6/c1-5-6-19(27)22(29)23(30)26(31)12-10-18-16-8-7-15-13-20(28)21(32-4)14-24(15,2)17(16)9-11-25(18,26)3/h9,13,16,18,21-22,29,31H,5-8,10-12,14H2,1-4H3/t16?,18?,21?,22?,24?,25?,26-/m0/s1. The maximum atomic E-state index is 13.2. The van der Waals surface area contributed by atoms with Crippen molar-refractivity contribution in [2.75, 3.05) is 7.11 Å². The minimum atomic E-state index is -1.76. The summed E-state index contributed by atoms with van der Waals surface area (Å²) in [7, 11) is 1.57. The number of rotatable bonds is 6. The third kappa shape index (κ3) is 3.13. The van der Waals surface area contributed by atoms with Gasteiger partial charge in [-0.05, 0) is 62.9 Å². The Labute approximate surface area is 190 Å². The van der Waals surface area contributed by atoms with Crippen molar-refractivity contribution in [2.45, 2.75) is 89.9 Å². The number of ketones is 3.